The highest BCUT2D eigenvalue weighted by molar-refractivity contribution is 7.99. The zero-order valence-corrected chi connectivity index (χ0v) is 22.4. The van der Waals surface area contributed by atoms with Gasteiger partial charge in [0.1, 0.15) is 11.3 Å². The van der Waals surface area contributed by atoms with Gasteiger partial charge in [0, 0.05) is 48.7 Å². The van der Waals surface area contributed by atoms with E-state index in [0.717, 1.165) is 38.8 Å². The normalized spacial score (nSPS) is 15.4. The van der Waals surface area contributed by atoms with E-state index in [1.807, 2.05) is 61.5 Å². The molecule has 0 unspecified atom stereocenters. The molecule has 7 nitrogen and oxygen atoms in total. The second-order valence-electron chi connectivity index (χ2n) is 10.2. The van der Waals surface area contributed by atoms with Crippen molar-refractivity contribution < 1.29 is 9.21 Å². The fourth-order valence-electron chi connectivity index (χ4n) is 5.16. The van der Waals surface area contributed by atoms with Crippen LogP contribution in [0.5, 0.6) is 0 Å². The number of hydrogen-bond acceptors (Lipinski definition) is 6. The standard InChI is InChI=1S/C30H32N4O3S/c1-20-17-21-7-5-8-22(28(21)37-20)18-31-15-13-27(35)33-16-14-26-25(19-33)29(36)34(23-9-3-2-4-10-23)30(32-26)38-24-11-6-12-24/h2-5,7-10,17,24,31H,6,11-16,18-19H2,1H3. The lowest BCUT2D eigenvalue weighted by molar-refractivity contribution is -0.132. The first-order valence-corrected chi connectivity index (χ1v) is 14.3. The molecule has 1 amide bonds. The maximum atomic E-state index is 13.8. The molecule has 1 aliphatic heterocycles. The van der Waals surface area contributed by atoms with Crippen molar-refractivity contribution in [3.63, 3.8) is 0 Å². The van der Waals surface area contributed by atoms with E-state index >= 15 is 0 Å². The number of amides is 1. The van der Waals surface area contributed by atoms with Gasteiger partial charge in [-0.3, -0.25) is 14.2 Å². The summed E-state index contributed by atoms with van der Waals surface area (Å²) >= 11 is 1.72. The minimum Gasteiger partial charge on any atom is -0.461 e. The van der Waals surface area contributed by atoms with Crippen LogP contribution in [0.25, 0.3) is 16.7 Å². The molecular formula is C30H32N4O3S. The fraction of sp³-hybridized carbons (Fsp3) is 0.367. The second kappa shape index (κ2) is 10.8. The van der Waals surface area contributed by atoms with Crippen molar-refractivity contribution in [3.8, 4) is 5.69 Å². The van der Waals surface area contributed by atoms with Crippen LogP contribution in [0.2, 0.25) is 0 Å². The predicted molar refractivity (Wildman–Crippen MR) is 150 cm³/mol. The van der Waals surface area contributed by atoms with Crippen LogP contribution in [0.4, 0.5) is 0 Å². The van der Waals surface area contributed by atoms with E-state index in [0.29, 0.717) is 49.8 Å². The van der Waals surface area contributed by atoms with Crippen LogP contribution < -0.4 is 10.9 Å². The van der Waals surface area contributed by atoms with Crippen molar-refractivity contribution in [1.82, 2.24) is 19.8 Å². The van der Waals surface area contributed by atoms with Crippen LogP contribution in [0.1, 0.15) is 48.3 Å². The highest BCUT2D eigenvalue weighted by Crippen LogP contribution is 2.36. The summed E-state index contributed by atoms with van der Waals surface area (Å²) in [7, 11) is 0. The Labute approximate surface area is 226 Å². The number of benzene rings is 2. The number of thioether (sulfide) groups is 1. The first-order valence-electron chi connectivity index (χ1n) is 13.4. The number of rotatable bonds is 8. The largest absolute Gasteiger partial charge is 0.461 e. The summed E-state index contributed by atoms with van der Waals surface area (Å²) in [6, 6.07) is 17.9. The molecule has 0 bridgehead atoms. The molecule has 38 heavy (non-hydrogen) atoms. The van der Waals surface area contributed by atoms with Crippen molar-refractivity contribution in [2.75, 3.05) is 13.1 Å². The third-order valence-corrected chi connectivity index (χ3v) is 8.76. The summed E-state index contributed by atoms with van der Waals surface area (Å²) in [5, 5.41) is 5.77. The number of hydrogen-bond donors (Lipinski definition) is 1. The summed E-state index contributed by atoms with van der Waals surface area (Å²) in [5.74, 6) is 0.941. The van der Waals surface area contributed by atoms with E-state index in [2.05, 4.69) is 5.32 Å². The lowest BCUT2D eigenvalue weighted by Gasteiger charge is -2.30. The Morgan fingerprint density at radius 1 is 1.16 bits per heavy atom. The number of furan rings is 1. The number of fused-ring (bicyclic) bond motifs is 2. The Balaban J connectivity index is 1.14. The average molecular weight is 529 g/mol. The van der Waals surface area contributed by atoms with Gasteiger partial charge in [-0.05, 0) is 38.0 Å². The van der Waals surface area contributed by atoms with Crippen molar-refractivity contribution in [3.05, 3.63) is 87.5 Å². The number of aryl methyl sites for hydroxylation is 1. The minimum absolute atomic E-state index is 0.0498. The molecule has 0 saturated heterocycles. The molecule has 4 aromatic rings. The third-order valence-electron chi connectivity index (χ3n) is 7.47. The maximum absolute atomic E-state index is 13.8. The van der Waals surface area contributed by atoms with Gasteiger partial charge in [-0.1, -0.05) is 54.6 Å². The molecule has 196 valence electrons. The molecule has 3 heterocycles. The Bertz CT molecular complexity index is 1520. The number of nitrogens with one attached hydrogen (secondary N) is 1. The van der Waals surface area contributed by atoms with Gasteiger partial charge in [0.15, 0.2) is 5.16 Å². The van der Waals surface area contributed by atoms with E-state index in [-0.39, 0.29) is 11.5 Å². The molecule has 0 spiro atoms. The van der Waals surface area contributed by atoms with Gasteiger partial charge in [0.25, 0.3) is 5.56 Å². The van der Waals surface area contributed by atoms with Gasteiger partial charge < -0.3 is 14.6 Å². The molecule has 2 aromatic heterocycles. The molecule has 8 heteroatoms. The van der Waals surface area contributed by atoms with Crippen molar-refractivity contribution in [2.24, 2.45) is 0 Å². The van der Waals surface area contributed by atoms with Crippen LogP contribution in [0, 0.1) is 6.92 Å². The molecule has 1 saturated carbocycles. The molecule has 0 radical (unpaired) electrons. The van der Waals surface area contributed by atoms with Crippen molar-refractivity contribution >= 4 is 28.6 Å². The summed E-state index contributed by atoms with van der Waals surface area (Å²) in [5.41, 5.74) is 4.23. The monoisotopic (exact) mass is 528 g/mol. The summed E-state index contributed by atoms with van der Waals surface area (Å²) < 4.78 is 7.59. The number of carbonyl (C=O) groups excluding carboxylic acids is 1. The topological polar surface area (TPSA) is 80.4 Å². The summed E-state index contributed by atoms with van der Waals surface area (Å²) in [6.07, 6.45) is 4.55. The SMILES string of the molecule is Cc1cc2cccc(CNCCC(=O)N3CCc4nc(SC5CCC5)n(-c5ccccc5)c(=O)c4C3)c2o1. The van der Waals surface area contributed by atoms with E-state index < -0.39 is 0 Å². The molecular weight excluding hydrogens is 496 g/mol. The Morgan fingerprint density at radius 2 is 2.00 bits per heavy atom. The zero-order chi connectivity index (χ0) is 26.1. The first-order chi connectivity index (χ1) is 18.6. The molecule has 1 aliphatic carbocycles. The number of nitrogens with zero attached hydrogens (tertiary/aromatic N) is 3. The number of para-hydroxylation sites is 2. The molecule has 2 aliphatic rings. The molecule has 1 fully saturated rings. The van der Waals surface area contributed by atoms with Crippen LogP contribution in [-0.2, 0) is 24.3 Å². The molecule has 0 atom stereocenters. The number of aromatic nitrogens is 2. The number of carbonyl (C=O) groups is 1. The van der Waals surface area contributed by atoms with E-state index in [1.54, 1.807) is 21.2 Å². The quantitative estimate of drug-likeness (QED) is 0.256. The fourth-order valence-corrected chi connectivity index (χ4v) is 6.48. The highest BCUT2D eigenvalue weighted by atomic mass is 32.2. The van der Waals surface area contributed by atoms with Gasteiger partial charge in [0.2, 0.25) is 5.91 Å². The van der Waals surface area contributed by atoms with Crippen LogP contribution in [0.15, 0.2) is 69.0 Å². The first kappa shape index (κ1) is 24.9. The molecule has 2 aromatic carbocycles. The molecule has 1 N–H and O–H groups in total. The van der Waals surface area contributed by atoms with Crippen molar-refractivity contribution in [1.29, 1.82) is 0 Å². The van der Waals surface area contributed by atoms with Crippen LogP contribution in [-0.4, -0.2) is 38.7 Å². The van der Waals surface area contributed by atoms with Crippen molar-refractivity contribution in [2.45, 2.75) is 62.5 Å². The lowest BCUT2D eigenvalue weighted by atomic mass is 10.0. The van der Waals surface area contributed by atoms with Gasteiger partial charge >= 0.3 is 0 Å². The Morgan fingerprint density at radius 3 is 2.79 bits per heavy atom. The third kappa shape index (κ3) is 5.02. The smallest absolute Gasteiger partial charge is 0.264 e. The zero-order valence-electron chi connectivity index (χ0n) is 21.6. The predicted octanol–water partition coefficient (Wildman–Crippen LogP) is 5.00. The van der Waals surface area contributed by atoms with E-state index in [1.165, 1.54) is 19.3 Å². The van der Waals surface area contributed by atoms with Gasteiger partial charge in [-0.2, -0.15) is 0 Å². The average Bonchev–Trinajstić information content (AvgIpc) is 3.30. The summed E-state index contributed by atoms with van der Waals surface area (Å²) in [4.78, 5) is 33.6. The summed E-state index contributed by atoms with van der Waals surface area (Å²) in [6.45, 7) is 4.04. The molecule has 6 rings (SSSR count). The Kier molecular flexibility index (Phi) is 7.08. The van der Waals surface area contributed by atoms with Gasteiger partial charge in [0.05, 0.1) is 23.5 Å². The van der Waals surface area contributed by atoms with Crippen LogP contribution >= 0.6 is 11.8 Å². The second-order valence-corrected chi connectivity index (χ2v) is 11.4. The maximum Gasteiger partial charge on any atom is 0.264 e. The lowest BCUT2D eigenvalue weighted by Crippen LogP contribution is -2.42. The minimum atomic E-state index is -0.0551. The van der Waals surface area contributed by atoms with Crippen LogP contribution in [0.3, 0.4) is 0 Å². The van der Waals surface area contributed by atoms with E-state index in [9.17, 15) is 9.59 Å². The van der Waals surface area contributed by atoms with Gasteiger partial charge in [-0.15, -0.1) is 0 Å². The highest BCUT2D eigenvalue weighted by Gasteiger charge is 2.28. The Hall–Kier alpha value is -3.36. The van der Waals surface area contributed by atoms with E-state index in [4.69, 9.17) is 9.40 Å². The van der Waals surface area contributed by atoms with Gasteiger partial charge in [-0.25, -0.2) is 4.98 Å².